The van der Waals surface area contributed by atoms with Gasteiger partial charge in [-0.1, -0.05) is 5.16 Å². The largest absolute Gasteiger partial charge is 0.371 e. The van der Waals surface area contributed by atoms with Gasteiger partial charge in [0.25, 0.3) is 11.8 Å². The third-order valence-electron chi connectivity index (χ3n) is 4.82. The summed E-state index contributed by atoms with van der Waals surface area (Å²) in [5.41, 5.74) is 4.60. The van der Waals surface area contributed by atoms with Crippen molar-refractivity contribution in [2.24, 2.45) is 0 Å². The van der Waals surface area contributed by atoms with E-state index in [-0.39, 0.29) is 5.91 Å². The van der Waals surface area contributed by atoms with Crippen molar-refractivity contribution >= 4 is 17.3 Å². The number of anilines is 2. The highest BCUT2D eigenvalue weighted by Gasteiger charge is 2.15. The Labute approximate surface area is 158 Å². The maximum Gasteiger partial charge on any atom is 0.257 e. The number of aromatic nitrogens is 2. The summed E-state index contributed by atoms with van der Waals surface area (Å²) >= 11 is 0. The molecule has 3 aromatic rings. The first-order chi connectivity index (χ1) is 13.1. The summed E-state index contributed by atoms with van der Waals surface area (Å²) in [6.07, 6.45) is 2.49. The molecular formula is C21H22N4O2. The predicted molar refractivity (Wildman–Crippen MR) is 105 cm³/mol. The lowest BCUT2D eigenvalue weighted by molar-refractivity contribution is 0.102. The van der Waals surface area contributed by atoms with Crippen LogP contribution in [-0.4, -0.2) is 29.1 Å². The Morgan fingerprint density at radius 3 is 2.44 bits per heavy atom. The van der Waals surface area contributed by atoms with Crippen molar-refractivity contribution in [3.63, 3.8) is 0 Å². The summed E-state index contributed by atoms with van der Waals surface area (Å²) in [6.45, 7) is 6.08. The molecule has 1 aromatic heterocycles. The molecule has 6 heteroatoms. The molecule has 1 aliphatic heterocycles. The van der Waals surface area contributed by atoms with E-state index in [9.17, 15) is 4.79 Å². The molecule has 27 heavy (non-hydrogen) atoms. The second-order valence-corrected chi connectivity index (χ2v) is 6.87. The SMILES string of the molecule is Cc1noc(-c2ccc(C(=O)Nc3ccc(N4CCCC4)c(C)c3)cc2)n1. The Kier molecular flexibility index (Phi) is 4.62. The summed E-state index contributed by atoms with van der Waals surface area (Å²) in [6, 6.07) is 13.2. The van der Waals surface area contributed by atoms with Crippen molar-refractivity contribution in [2.45, 2.75) is 26.7 Å². The highest BCUT2D eigenvalue weighted by molar-refractivity contribution is 6.04. The van der Waals surface area contributed by atoms with Crippen LogP contribution in [-0.2, 0) is 0 Å². The van der Waals surface area contributed by atoms with E-state index in [1.165, 1.54) is 24.1 Å². The summed E-state index contributed by atoms with van der Waals surface area (Å²) in [4.78, 5) is 19.1. The number of carbonyl (C=O) groups is 1. The zero-order valence-electron chi connectivity index (χ0n) is 15.5. The minimum absolute atomic E-state index is 0.142. The number of hydrogen-bond donors (Lipinski definition) is 1. The second kappa shape index (κ2) is 7.23. The van der Waals surface area contributed by atoms with E-state index in [4.69, 9.17) is 4.52 Å². The summed E-state index contributed by atoms with van der Waals surface area (Å²) in [5.74, 6) is 0.892. The van der Waals surface area contributed by atoms with Gasteiger partial charge < -0.3 is 14.7 Å². The molecule has 0 unspecified atom stereocenters. The number of amides is 1. The van der Waals surface area contributed by atoms with Crippen LogP contribution in [0.4, 0.5) is 11.4 Å². The van der Waals surface area contributed by atoms with E-state index in [2.05, 4.69) is 33.3 Å². The molecule has 2 aromatic carbocycles. The van der Waals surface area contributed by atoms with Crippen LogP contribution in [0.2, 0.25) is 0 Å². The first kappa shape index (κ1) is 17.3. The Morgan fingerprint density at radius 1 is 1.07 bits per heavy atom. The van der Waals surface area contributed by atoms with Crippen molar-refractivity contribution in [1.82, 2.24) is 10.1 Å². The standard InChI is InChI=1S/C21H22N4O2/c1-14-13-18(9-10-19(14)25-11-3-4-12-25)23-20(26)16-5-7-17(8-6-16)21-22-15(2)24-27-21/h5-10,13H,3-4,11-12H2,1-2H3,(H,23,26). The van der Waals surface area contributed by atoms with Crippen LogP contribution in [0.5, 0.6) is 0 Å². The van der Waals surface area contributed by atoms with Crippen molar-refractivity contribution in [3.8, 4) is 11.5 Å². The highest BCUT2D eigenvalue weighted by Crippen LogP contribution is 2.27. The van der Waals surface area contributed by atoms with E-state index >= 15 is 0 Å². The average Bonchev–Trinajstić information content (AvgIpc) is 3.34. The van der Waals surface area contributed by atoms with Crippen LogP contribution in [0, 0.1) is 13.8 Å². The van der Waals surface area contributed by atoms with Gasteiger partial charge in [-0.15, -0.1) is 0 Å². The molecule has 1 saturated heterocycles. The Morgan fingerprint density at radius 2 is 1.81 bits per heavy atom. The van der Waals surface area contributed by atoms with Gasteiger partial charge in [0.1, 0.15) is 0 Å². The molecule has 1 fully saturated rings. The summed E-state index contributed by atoms with van der Waals surface area (Å²) < 4.78 is 5.15. The van der Waals surface area contributed by atoms with Gasteiger partial charge in [0, 0.05) is 35.6 Å². The quantitative estimate of drug-likeness (QED) is 0.753. The van der Waals surface area contributed by atoms with E-state index in [1.54, 1.807) is 19.1 Å². The molecule has 0 radical (unpaired) electrons. The zero-order chi connectivity index (χ0) is 18.8. The van der Waals surface area contributed by atoms with Gasteiger partial charge in [-0.05, 0) is 74.7 Å². The number of rotatable bonds is 4. The van der Waals surface area contributed by atoms with Crippen molar-refractivity contribution < 1.29 is 9.32 Å². The van der Waals surface area contributed by atoms with E-state index < -0.39 is 0 Å². The van der Waals surface area contributed by atoms with Gasteiger partial charge >= 0.3 is 0 Å². The fourth-order valence-electron chi connectivity index (χ4n) is 3.43. The van der Waals surface area contributed by atoms with Crippen LogP contribution in [0.15, 0.2) is 47.0 Å². The smallest absolute Gasteiger partial charge is 0.257 e. The molecule has 6 nitrogen and oxygen atoms in total. The highest BCUT2D eigenvalue weighted by atomic mass is 16.5. The normalized spacial score (nSPS) is 13.8. The lowest BCUT2D eigenvalue weighted by Gasteiger charge is -2.20. The Hall–Kier alpha value is -3.15. The third kappa shape index (κ3) is 3.69. The van der Waals surface area contributed by atoms with Gasteiger partial charge in [0.05, 0.1) is 0 Å². The van der Waals surface area contributed by atoms with Gasteiger partial charge in [-0.2, -0.15) is 4.98 Å². The van der Waals surface area contributed by atoms with E-state index in [0.717, 1.165) is 24.3 Å². The van der Waals surface area contributed by atoms with Gasteiger partial charge in [-0.3, -0.25) is 4.79 Å². The monoisotopic (exact) mass is 362 g/mol. The lowest BCUT2D eigenvalue weighted by atomic mass is 10.1. The minimum Gasteiger partial charge on any atom is -0.371 e. The van der Waals surface area contributed by atoms with Crippen LogP contribution < -0.4 is 10.2 Å². The fourth-order valence-corrected chi connectivity index (χ4v) is 3.43. The van der Waals surface area contributed by atoms with E-state index in [1.807, 2.05) is 24.3 Å². The molecule has 0 aliphatic carbocycles. The van der Waals surface area contributed by atoms with Crippen LogP contribution >= 0.6 is 0 Å². The topological polar surface area (TPSA) is 71.3 Å². The number of nitrogens with one attached hydrogen (secondary N) is 1. The van der Waals surface area contributed by atoms with E-state index in [0.29, 0.717) is 17.3 Å². The molecule has 138 valence electrons. The zero-order valence-corrected chi connectivity index (χ0v) is 15.5. The molecule has 0 saturated carbocycles. The lowest BCUT2D eigenvalue weighted by Crippen LogP contribution is -2.19. The maximum absolute atomic E-state index is 12.5. The predicted octanol–water partition coefficient (Wildman–Crippen LogP) is 4.21. The molecule has 1 amide bonds. The first-order valence-corrected chi connectivity index (χ1v) is 9.18. The van der Waals surface area contributed by atoms with Gasteiger partial charge in [0.2, 0.25) is 0 Å². The number of benzene rings is 2. The molecule has 0 spiro atoms. The van der Waals surface area contributed by atoms with Crippen LogP contribution in [0.3, 0.4) is 0 Å². The fraction of sp³-hybridized carbons (Fsp3) is 0.286. The first-order valence-electron chi connectivity index (χ1n) is 9.18. The molecule has 1 aliphatic rings. The second-order valence-electron chi connectivity index (χ2n) is 6.87. The van der Waals surface area contributed by atoms with Gasteiger partial charge in [0.15, 0.2) is 5.82 Å². The molecule has 0 bridgehead atoms. The van der Waals surface area contributed by atoms with Gasteiger partial charge in [-0.25, -0.2) is 0 Å². The molecule has 0 atom stereocenters. The summed E-state index contributed by atoms with van der Waals surface area (Å²) in [7, 11) is 0. The number of carbonyl (C=O) groups excluding carboxylic acids is 1. The van der Waals surface area contributed by atoms with Crippen molar-refractivity contribution in [3.05, 3.63) is 59.4 Å². The molecular weight excluding hydrogens is 340 g/mol. The van der Waals surface area contributed by atoms with Crippen LogP contribution in [0.25, 0.3) is 11.5 Å². The Bertz CT molecular complexity index is 957. The van der Waals surface area contributed by atoms with Crippen LogP contribution in [0.1, 0.15) is 34.6 Å². The number of hydrogen-bond acceptors (Lipinski definition) is 5. The number of nitrogens with zero attached hydrogens (tertiary/aromatic N) is 3. The maximum atomic E-state index is 12.5. The average molecular weight is 362 g/mol. The third-order valence-corrected chi connectivity index (χ3v) is 4.82. The molecule has 2 heterocycles. The molecule has 1 N–H and O–H groups in total. The summed E-state index contributed by atoms with van der Waals surface area (Å²) in [5, 5.41) is 6.75. The minimum atomic E-state index is -0.142. The Balaban J connectivity index is 1.46. The number of aryl methyl sites for hydroxylation is 2. The van der Waals surface area contributed by atoms with Crippen molar-refractivity contribution in [2.75, 3.05) is 23.3 Å². The molecule has 4 rings (SSSR count). The van der Waals surface area contributed by atoms with Crippen molar-refractivity contribution in [1.29, 1.82) is 0 Å².